The molecular formula is C12H23NOS. The van der Waals surface area contributed by atoms with E-state index in [1.54, 1.807) is 0 Å². The third-order valence-electron chi connectivity index (χ3n) is 3.96. The lowest BCUT2D eigenvalue weighted by Gasteiger charge is -2.41. The molecule has 15 heavy (non-hydrogen) atoms. The van der Waals surface area contributed by atoms with Gasteiger partial charge in [0.1, 0.15) is 0 Å². The van der Waals surface area contributed by atoms with Gasteiger partial charge in [0.15, 0.2) is 0 Å². The number of nitrogens with one attached hydrogen (secondary N) is 1. The minimum Gasteiger partial charge on any atom is -0.312 e. The Morgan fingerprint density at radius 2 is 2.20 bits per heavy atom. The Morgan fingerprint density at radius 1 is 1.40 bits per heavy atom. The first-order valence-corrected chi connectivity index (χ1v) is 7.62. The maximum Gasteiger partial charge on any atom is 0.0507 e. The minimum absolute atomic E-state index is 0.353. The molecule has 1 saturated carbocycles. The predicted octanol–water partition coefficient (Wildman–Crippen LogP) is 2.06. The van der Waals surface area contributed by atoms with Gasteiger partial charge in [-0.2, -0.15) is 0 Å². The fourth-order valence-corrected chi connectivity index (χ4v) is 4.95. The van der Waals surface area contributed by atoms with Crippen LogP contribution in [0.4, 0.5) is 0 Å². The van der Waals surface area contributed by atoms with Gasteiger partial charge in [0.05, 0.1) is 5.25 Å². The van der Waals surface area contributed by atoms with E-state index in [0.717, 1.165) is 12.5 Å². The average molecular weight is 229 g/mol. The van der Waals surface area contributed by atoms with Gasteiger partial charge in [0.2, 0.25) is 0 Å². The molecule has 0 amide bonds. The van der Waals surface area contributed by atoms with Gasteiger partial charge >= 0.3 is 0 Å². The van der Waals surface area contributed by atoms with Gasteiger partial charge in [0, 0.05) is 28.6 Å². The van der Waals surface area contributed by atoms with Crippen LogP contribution >= 0.6 is 0 Å². The third-order valence-corrected chi connectivity index (χ3v) is 6.04. The van der Waals surface area contributed by atoms with E-state index >= 15 is 0 Å². The Morgan fingerprint density at radius 3 is 2.93 bits per heavy atom. The monoisotopic (exact) mass is 229 g/mol. The van der Waals surface area contributed by atoms with Gasteiger partial charge in [-0.05, 0) is 32.1 Å². The molecule has 0 radical (unpaired) electrons. The molecule has 0 aromatic heterocycles. The molecule has 0 aromatic rings. The highest BCUT2D eigenvalue weighted by Crippen LogP contribution is 2.33. The second-order valence-electron chi connectivity index (χ2n) is 5.16. The summed E-state index contributed by atoms with van der Waals surface area (Å²) in [5, 5.41) is 4.37. The molecule has 0 bridgehead atoms. The number of hydrogen-bond donors (Lipinski definition) is 1. The zero-order valence-corrected chi connectivity index (χ0v) is 10.7. The lowest BCUT2D eigenvalue weighted by Crippen LogP contribution is -2.55. The van der Waals surface area contributed by atoms with Crippen LogP contribution in [0.15, 0.2) is 0 Å². The van der Waals surface area contributed by atoms with Crippen molar-refractivity contribution in [3.63, 3.8) is 0 Å². The van der Waals surface area contributed by atoms with Crippen molar-refractivity contribution < 1.29 is 4.21 Å². The van der Waals surface area contributed by atoms with Crippen LogP contribution in [0.25, 0.3) is 0 Å². The lowest BCUT2D eigenvalue weighted by atomic mass is 9.83. The third kappa shape index (κ3) is 2.44. The summed E-state index contributed by atoms with van der Waals surface area (Å²) in [4.78, 5) is 0. The van der Waals surface area contributed by atoms with Gasteiger partial charge < -0.3 is 5.32 Å². The molecule has 2 nitrogen and oxygen atoms in total. The molecule has 2 aliphatic rings. The summed E-state index contributed by atoms with van der Waals surface area (Å²) in [6.45, 7) is 5.32. The van der Waals surface area contributed by atoms with Crippen molar-refractivity contribution in [2.45, 2.75) is 62.5 Å². The summed E-state index contributed by atoms with van der Waals surface area (Å²) in [5.41, 5.74) is 0. The second-order valence-corrected chi connectivity index (χ2v) is 7.23. The molecule has 3 heteroatoms. The number of hydrogen-bond acceptors (Lipinski definition) is 2. The van der Waals surface area contributed by atoms with E-state index in [0.29, 0.717) is 16.5 Å². The highest BCUT2D eigenvalue weighted by atomic mass is 32.2. The fourth-order valence-electron chi connectivity index (χ4n) is 3.07. The summed E-state index contributed by atoms with van der Waals surface area (Å²) >= 11 is 0. The van der Waals surface area contributed by atoms with Crippen molar-refractivity contribution in [3.05, 3.63) is 0 Å². The van der Waals surface area contributed by atoms with E-state index < -0.39 is 10.8 Å². The van der Waals surface area contributed by atoms with Gasteiger partial charge in [-0.1, -0.05) is 19.8 Å². The molecule has 0 spiro atoms. The normalized spacial score (nSPS) is 46.1. The van der Waals surface area contributed by atoms with Gasteiger partial charge in [-0.25, -0.2) is 0 Å². The summed E-state index contributed by atoms with van der Waals surface area (Å²) in [6.07, 6.45) is 6.39. The molecule has 5 atom stereocenters. The first-order chi connectivity index (χ1) is 7.22. The number of fused-ring (bicyclic) bond motifs is 1. The van der Waals surface area contributed by atoms with Crippen molar-refractivity contribution in [2.75, 3.05) is 6.54 Å². The molecule has 2 rings (SSSR count). The van der Waals surface area contributed by atoms with Gasteiger partial charge in [-0.15, -0.1) is 0 Å². The summed E-state index contributed by atoms with van der Waals surface area (Å²) in [7, 11) is -0.588. The van der Waals surface area contributed by atoms with Crippen LogP contribution in [0.5, 0.6) is 0 Å². The van der Waals surface area contributed by atoms with E-state index in [4.69, 9.17) is 0 Å². The Labute approximate surface area is 95.7 Å². The van der Waals surface area contributed by atoms with E-state index in [9.17, 15) is 4.21 Å². The maximum atomic E-state index is 12.2. The fraction of sp³-hybridized carbons (Fsp3) is 1.00. The molecular weight excluding hydrogens is 206 g/mol. The summed E-state index contributed by atoms with van der Waals surface area (Å²) in [6, 6.07) is 0.551. The number of rotatable bonds is 2. The molecule has 1 saturated heterocycles. The van der Waals surface area contributed by atoms with E-state index in [1.807, 2.05) is 0 Å². The lowest BCUT2D eigenvalue weighted by molar-refractivity contribution is 0.276. The quantitative estimate of drug-likeness (QED) is 0.785. The summed E-state index contributed by atoms with van der Waals surface area (Å²) in [5.74, 6) is 0.840. The molecule has 1 aliphatic carbocycles. The van der Waals surface area contributed by atoms with Crippen LogP contribution in [-0.4, -0.2) is 27.3 Å². The molecule has 1 heterocycles. The molecule has 88 valence electrons. The highest BCUT2D eigenvalue weighted by molar-refractivity contribution is 7.86. The molecule has 0 aromatic carbocycles. The zero-order chi connectivity index (χ0) is 10.8. The Kier molecular flexibility index (Phi) is 3.83. The zero-order valence-electron chi connectivity index (χ0n) is 9.87. The molecule has 5 unspecified atom stereocenters. The first kappa shape index (κ1) is 11.6. The standard InChI is InChI=1S/C12H23NOS/c1-3-4-10-5-6-11-12(7-10)15(14)9(2)8-13-11/h9-13H,3-8H2,1-2H3. The van der Waals surface area contributed by atoms with Crippen LogP contribution in [0.1, 0.15) is 46.0 Å². The summed E-state index contributed by atoms with van der Waals surface area (Å²) < 4.78 is 12.2. The van der Waals surface area contributed by atoms with Crippen molar-refractivity contribution >= 4 is 10.8 Å². The first-order valence-electron chi connectivity index (χ1n) is 6.35. The van der Waals surface area contributed by atoms with Crippen molar-refractivity contribution in [1.82, 2.24) is 5.32 Å². The van der Waals surface area contributed by atoms with Crippen molar-refractivity contribution in [1.29, 1.82) is 0 Å². The second kappa shape index (κ2) is 4.96. The minimum atomic E-state index is -0.588. The van der Waals surface area contributed by atoms with Gasteiger partial charge in [-0.3, -0.25) is 4.21 Å². The smallest absolute Gasteiger partial charge is 0.0507 e. The topological polar surface area (TPSA) is 29.1 Å². The highest BCUT2D eigenvalue weighted by Gasteiger charge is 2.38. The van der Waals surface area contributed by atoms with Crippen LogP contribution in [0.3, 0.4) is 0 Å². The Bertz CT molecular complexity index is 244. The predicted molar refractivity (Wildman–Crippen MR) is 65.4 cm³/mol. The SMILES string of the molecule is CCCC1CCC2NCC(C)S(=O)C2C1. The van der Waals surface area contributed by atoms with Crippen LogP contribution in [-0.2, 0) is 10.8 Å². The van der Waals surface area contributed by atoms with E-state index in [1.165, 1.54) is 32.1 Å². The average Bonchev–Trinajstić information content (AvgIpc) is 2.25. The molecule has 1 N–H and O–H groups in total. The Hall–Kier alpha value is 0.110. The molecule has 2 fully saturated rings. The largest absolute Gasteiger partial charge is 0.312 e. The maximum absolute atomic E-state index is 12.2. The van der Waals surface area contributed by atoms with Crippen LogP contribution < -0.4 is 5.32 Å². The Balaban J connectivity index is 1.99. The van der Waals surface area contributed by atoms with E-state index in [2.05, 4.69) is 19.2 Å². The van der Waals surface area contributed by atoms with Crippen molar-refractivity contribution in [3.8, 4) is 0 Å². The van der Waals surface area contributed by atoms with Gasteiger partial charge in [0.25, 0.3) is 0 Å². The molecule has 1 aliphatic heterocycles. The van der Waals surface area contributed by atoms with E-state index in [-0.39, 0.29) is 0 Å². The van der Waals surface area contributed by atoms with Crippen LogP contribution in [0, 0.1) is 5.92 Å². The van der Waals surface area contributed by atoms with Crippen LogP contribution in [0.2, 0.25) is 0 Å². The van der Waals surface area contributed by atoms with Crippen molar-refractivity contribution in [2.24, 2.45) is 5.92 Å².